The van der Waals surface area contributed by atoms with Crippen LogP contribution in [-0.4, -0.2) is 110 Å². The SMILES string of the molecule is CC1(C)CCC(c2ccc(Cl)cc2)=C(CN2CCN(c3ccc(C(=O)NS(=O)(=O)c4ccc(N[C@@H](CCc5ccccc5)CCN5CCOCC5)c(S(=O)(=O)C(F)(F)F)c4)cc3)CC2)C1. The van der Waals surface area contributed by atoms with Crippen molar-refractivity contribution in [1.29, 1.82) is 0 Å². The quantitative estimate of drug-likeness (QED) is 0.113. The first-order valence-electron chi connectivity index (χ1n) is 22.0. The Labute approximate surface area is 385 Å². The molecule has 2 N–H and O–H groups in total. The van der Waals surface area contributed by atoms with Gasteiger partial charge in [-0.05, 0) is 115 Å². The molecule has 350 valence electrons. The molecular formula is C48H57ClF3N5O6S2. The molecule has 0 spiro atoms. The summed E-state index contributed by atoms with van der Waals surface area (Å²) in [6.07, 6.45) is 4.63. The maximum atomic E-state index is 14.2. The van der Waals surface area contributed by atoms with E-state index < -0.39 is 47.1 Å². The summed E-state index contributed by atoms with van der Waals surface area (Å²) in [5.41, 5.74) is 0.00664. The molecule has 0 radical (unpaired) electrons. The summed E-state index contributed by atoms with van der Waals surface area (Å²) >= 11 is 6.19. The number of alkyl halides is 3. The van der Waals surface area contributed by atoms with Crippen LogP contribution in [0, 0.1) is 5.41 Å². The van der Waals surface area contributed by atoms with Crippen LogP contribution in [0.2, 0.25) is 5.02 Å². The van der Waals surface area contributed by atoms with Gasteiger partial charge in [-0.25, -0.2) is 21.6 Å². The molecule has 4 aromatic carbocycles. The Morgan fingerprint density at radius 2 is 1.51 bits per heavy atom. The topological polar surface area (TPSA) is 128 Å². The molecule has 0 unspecified atom stereocenters. The van der Waals surface area contributed by atoms with Crippen molar-refractivity contribution in [3.8, 4) is 0 Å². The number of sulfonamides is 1. The number of hydrogen-bond donors (Lipinski definition) is 2. The molecular weight excluding hydrogens is 899 g/mol. The van der Waals surface area contributed by atoms with Gasteiger partial charge in [0.1, 0.15) is 4.90 Å². The van der Waals surface area contributed by atoms with Gasteiger partial charge in [-0.3, -0.25) is 14.6 Å². The zero-order chi connectivity index (χ0) is 46.4. The summed E-state index contributed by atoms with van der Waals surface area (Å²) < 4.78 is 103. The minimum atomic E-state index is -6.05. The maximum absolute atomic E-state index is 14.2. The molecule has 17 heteroatoms. The molecule has 0 bridgehead atoms. The van der Waals surface area contributed by atoms with E-state index in [4.69, 9.17) is 16.3 Å². The number of carbonyl (C=O) groups is 1. The van der Waals surface area contributed by atoms with Gasteiger partial charge in [0.25, 0.3) is 25.8 Å². The number of rotatable bonds is 16. The molecule has 1 atom stereocenters. The molecule has 0 aromatic heterocycles. The van der Waals surface area contributed by atoms with Gasteiger partial charge < -0.3 is 15.0 Å². The first-order valence-corrected chi connectivity index (χ1v) is 25.4. The second kappa shape index (κ2) is 20.6. The average Bonchev–Trinajstić information content (AvgIpc) is 3.28. The Morgan fingerprint density at radius 3 is 2.17 bits per heavy atom. The molecule has 2 heterocycles. The highest BCUT2D eigenvalue weighted by Crippen LogP contribution is 2.43. The lowest BCUT2D eigenvalue weighted by molar-refractivity contribution is -0.0435. The number of ether oxygens (including phenoxy) is 1. The third-order valence-corrected chi connectivity index (χ3v) is 15.7. The van der Waals surface area contributed by atoms with Gasteiger partial charge >= 0.3 is 5.51 Å². The number of aryl methyl sites for hydroxylation is 1. The monoisotopic (exact) mass is 955 g/mol. The molecule has 1 aliphatic carbocycles. The van der Waals surface area contributed by atoms with Gasteiger partial charge in [0.05, 0.1) is 23.8 Å². The summed E-state index contributed by atoms with van der Waals surface area (Å²) in [4.78, 5) is 18.1. The predicted octanol–water partition coefficient (Wildman–Crippen LogP) is 8.67. The first-order chi connectivity index (χ1) is 30.9. The number of carbonyl (C=O) groups excluding carboxylic acids is 1. The van der Waals surface area contributed by atoms with Gasteiger partial charge in [-0.2, -0.15) is 13.2 Å². The smallest absolute Gasteiger partial charge is 0.381 e. The lowest BCUT2D eigenvalue weighted by Crippen LogP contribution is -2.47. The third-order valence-electron chi connectivity index (χ3n) is 12.6. The fourth-order valence-corrected chi connectivity index (χ4v) is 11.0. The van der Waals surface area contributed by atoms with Crippen molar-refractivity contribution in [2.75, 3.05) is 75.8 Å². The summed E-state index contributed by atoms with van der Waals surface area (Å²) in [5.74, 6) is -1.02. The van der Waals surface area contributed by atoms with Crippen LogP contribution in [-0.2, 0) is 31.0 Å². The largest absolute Gasteiger partial charge is 0.501 e. The Hall–Kier alpha value is -4.45. The van der Waals surface area contributed by atoms with Crippen molar-refractivity contribution in [2.45, 2.75) is 73.7 Å². The van der Waals surface area contributed by atoms with Gasteiger partial charge in [-0.1, -0.05) is 73.5 Å². The lowest BCUT2D eigenvalue weighted by Gasteiger charge is -2.39. The van der Waals surface area contributed by atoms with E-state index >= 15 is 0 Å². The third kappa shape index (κ3) is 12.5. The van der Waals surface area contributed by atoms with Crippen LogP contribution in [0.3, 0.4) is 0 Å². The fourth-order valence-electron chi connectivity index (χ4n) is 8.85. The van der Waals surface area contributed by atoms with Gasteiger partial charge in [0.15, 0.2) is 0 Å². The number of halogens is 4. The minimum Gasteiger partial charge on any atom is -0.381 e. The Kier molecular flexibility index (Phi) is 15.4. The summed E-state index contributed by atoms with van der Waals surface area (Å²) in [6, 6.07) is 26.0. The standard InChI is InChI=1S/C48H57ClF3N5O6S2/c1-47(2)22-20-43(36-9-13-39(49)14-10-36)38(33-47)34-56-24-26-57(27-25-56)41-16-11-37(12-17-41)46(58)54-65(61,62)42-18-19-44(45(32-42)64(59,60)48(50,51)52)53-40(15-8-35-6-4-3-5-7-35)21-23-55-28-30-63-31-29-55/h3-7,9-14,16-19,32,40,53H,8,15,20-31,33-34H2,1-2H3,(H,54,58)/t40-/m0/s1. The van der Waals surface area contributed by atoms with Gasteiger partial charge in [0, 0.05) is 74.7 Å². The highest BCUT2D eigenvalue weighted by atomic mass is 35.5. The molecule has 0 saturated carbocycles. The van der Waals surface area contributed by atoms with E-state index in [1.54, 1.807) is 12.1 Å². The number of nitrogens with zero attached hydrogens (tertiary/aromatic N) is 3. The number of allylic oxidation sites excluding steroid dienone is 1. The Bertz CT molecular complexity index is 2530. The van der Waals surface area contributed by atoms with Crippen molar-refractivity contribution in [1.82, 2.24) is 14.5 Å². The van der Waals surface area contributed by atoms with Crippen molar-refractivity contribution in [3.63, 3.8) is 0 Å². The summed E-state index contributed by atoms with van der Waals surface area (Å²) in [7, 11) is -10.9. The van der Waals surface area contributed by atoms with E-state index in [9.17, 15) is 34.8 Å². The first kappa shape index (κ1) is 48.5. The van der Waals surface area contributed by atoms with Crippen molar-refractivity contribution >= 4 is 54.3 Å². The van der Waals surface area contributed by atoms with E-state index in [-0.39, 0.29) is 16.7 Å². The number of sulfone groups is 1. The Balaban J connectivity index is 1.02. The van der Waals surface area contributed by atoms with Crippen LogP contribution in [0.1, 0.15) is 67.4 Å². The van der Waals surface area contributed by atoms with Gasteiger partial charge in [0.2, 0.25) is 0 Å². The fraction of sp³-hybridized carbons (Fsp3) is 0.438. The minimum absolute atomic E-state index is 0.000453. The van der Waals surface area contributed by atoms with E-state index in [2.05, 4.69) is 46.0 Å². The lowest BCUT2D eigenvalue weighted by atomic mass is 9.73. The van der Waals surface area contributed by atoms with Crippen LogP contribution in [0.4, 0.5) is 24.5 Å². The predicted molar refractivity (Wildman–Crippen MR) is 249 cm³/mol. The van der Waals surface area contributed by atoms with Crippen LogP contribution in [0.25, 0.3) is 5.57 Å². The molecule has 11 nitrogen and oxygen atoms in total. The highest BCUT2D eigenvalue weighted by molar-refractivity contribution is 7.92. The normalized spacial score (nSPS) is 18.3. The number of piperazine rings is 1. The van der Waals surface area contributed by atoms with E-state index in [0.29, 0.717) is 63.2 Å². The second-order valence-corrected chi connectivity index (χ2v) is 21.9. The zero-order valence-corrected chi connectivity index (χ0v) is 39.1. The molecule has 1 amide bonds. The molecule has 2 aliphatic heterocycles. The summed E-state index contributed by atoms with van der Waals surface area (Å²) in [5, 5.41) is 3.73. The molecule has 3 aliphatic rings. The zero-order valence-electron chi connectivity index (χ0n) is 36.7. The number of anilines is 2. The molecule has 65 heavy (non-hydrogen) atoms. The van der Waals surface area contributed by atoms with Crippen molar-refractivity contribution in [2.24, 2.45) is 5.41 Å². The molecule has 4 aromatic rings. The van der Waals surface area contributed by atoms with Crippen molar-refractivity contribution in [3.05, 3.63) is 124 Å². The number of hydrogen-bond acceptors (Lipinski definition) is 10. The van der Waals surface area contributed by atoms with E-state index in [1.165, 1.54) is 28.8 Å². The average molecular weight is 957 g/mol. The molecule has 2 fully saturated rings. The van der Waals surface area contributed by atoms with Crippen LogP contribution in [0.15, 0.2) is 112 Å². The van der Waals surface area contributed by atoms with Crippen LogP contribution >= 0.6 is 11.6 Å². The van der Waals surface area contributed by atoms with Gasteiger partial charge in [-0.15, -0.1) is 0 Å². The number of amides is 1. The van der Waals surface area contributed by atoms with Crippen LogP contribution < -0.4 is 14.9 Å². The number of benzene rings is 4. The highest BCUT2D eigenvalue weighted by Gasteiger charge is 2.48. The van der Waals surface area contributed by atoms with Crippen molar-refractivity contribution < 1.29 is 39.5 Å². The van der Waals surface area contributed by atoms with E-state index in [1.807, 2.05) is 47.2 Å². The number of nitrogens with one attached hydrogen (secondary N) is 2. The Morgan fingerprint density at radius 1 is 0.831 bits per heavy atom. The van der Waals surface area contributed by atoms with E-state index in [0.717, 1.165) is 75.4 Å². The summed E-state index contributed by atoms with van der Waals surface area (Å²) in [6.45, 7) is 11.7. The maximum Gasteiger partial charge on any atom is 0.501 e. The number of morpholine rings is 1. The van der Waals surface area contributed by atoms with Crippen LogP contribution in [0.5, 0.6) is 0 Å². The molecule has 2 saturated heterocycles. The second-order valence-electron chi connectivity index (χ2n) is 17.9. The molecule has 7 rings (SSSR count).